The fraction of sp³-hybridized carbons (Fsp3) is 0. The van der Waals surface area contributed by atoms with E-state index < -0.39 is 0 Å². The Morgan fingerprint density at radius 3 is 1.19 bits per heavy atom. The van der Waals surface area contributed by atoms with Crippen LogP contribution in [0.2, 0.25) is 0 Å². The number of nitriles is 1. The highest BCUT2D eigenvalue weighted by Crippen LogP contribution is 2.42. The van der Waals surface area contributed by atoms with Crippen LogP contribution in [-0.2, 0) is 0 Å². The molecular weight excluding hydrogens is 739 g/mol. The zero-order valence-corrected chi connectivity index (χ0v) is 32.9. The van der Waals surface area contributed by atoms with E-state index in [9.17, 15) is 5.26 Å². The Kier molecular flexibility index (Phi) is 8.33. The van der Waals surface area contributed by atoms with Gasteiger partial charge in [-0.25, -0.2) is 0 Å². The summed E-state index contributed by atoms with van der Waals surface area (Å²) in [5, 5.41) is 15.3. The number of hydrogen-bond donors (Lipinski definition) is 0. The number of fused-ring (bicyclic) bond motifs is 6. The molecule has 0 radical (unpaired) electrons. The van der Waals surface area contributed by atoms with E-state index in [0.717, 1.165) is 33.4 Å². The van der Waals surface area contributed by atoms with Crippen LogP contribution in [0.25, 0.3) is 107 Å². The lowest BCUT2D eigenvalue weighted by Crippen LogP contribution is -1.87. The van der Waals surface area contributed by atoms with E-state index in [4.69, 9.17) is 0 Å². The van der Waals surface area contributed by atoms with E-state index in [2.05, 4.69) is 194 Å². The second-order valence-corrected chi connectivity index (χ2v) is 16.9. The molecule has 0 fully saturated rings. The van der Waals surface area contributed by atoms with E-state index in [1.165, 1.54) is 73.7 Å². The summed E-state index contributed by atoms with van der Waals surface area (Å²) in [6.07, 6.45) is 0. The zero-order chi connectivity index (χ0) is 38.6. The SMILES string of the molecule is N#Cc1cc(-c2cccc(-c3cccc(-c4cccc(-c5ccc(-c6cccc7c6sc6ccccc67)cc5)c4)c3)c2)cc(-c2cccc3c2sc2ccccc23)c1. The van der Waals surface area contributed by atoms with Gasteiger partial charge in [0.2, 0.25) is 0 Å². The Labute approximate surface area is 345 Å². The predicted octanol–water partition coefficient (Wildman–Crippen LogP) is 16.3. The van der Waals surface area contributed by atoms with Crippen LogP contribution < -0.4 is 0 Å². The second kappa shape index (κ2) is 14.1. The largest absolute Gasteiger partial charge is 0.192 e. The Bertz CT molecular complexity index is 3410. The summed E-state index contributed by atoms with van der Waals surface area (Å²) in [7, 11) is 0. The Hall–Kier alpha value is -7.09. The van der Waals surface area contributed by atoms with Gasteiger partial charge in [-0.15, -0.1) is 22.7 Å². The molecule has 9 aromatic carbocycles. The van der Waals surface area contributed by atoms with Gasteiger partial charge in [0.1, 0.15) is 0 Å². The fourth-order valence-electron chi connectivity index (χ4n) is 8.44. The van der Waals surface area contributed by atoms with Gasteiger partial charge in [-0.3, -0.25) is 0 Å². The molecule has 0 saturated heterocycles. The van der Waals surface area contributed by atoms with Crippen molar-refractivity contribution in [1.82, 2.24) is 0 Å². The topological polar surface area (TPSA) is 23.8 Å². The van der Waals surface area contributed by atoms with Crippen molar-refractivity contribution in [3.8, 4) is 72.8 Å². The van der Waals surface area contributed by atoms with E-state index >= 15 is 0 Å². The van der Waals surface area contributed by atoms with Crippen LogP contribution >= 0.6 is 22.7 Å². The van der Waals surface area contributed by atoms with Crippen LogP contribution in [0.5, 0.6) is 0 Å². The lowest BCUT2D eigenvalue weighted by molar-refractivity contribution is 1.48. The Morgan fingerprint density at radius 1 is 0.293 bits per heavy atom. The number of benzene rings is 9. The summed E-state index contributed by atoms with van der Waals surface area (Å²) < 4.78 is 5.18. The molecule has 11 aromatic rings. The normalized spacial score (nSPS) is 11.4. The van der Waals surface area contributed by atoms with Crippen molar-refractivity contribution in [1.29, 1.82) is 5.26 Å². The molecule has 0 saturated carbocycles. The number of rotatable bonds is 6. The molecule has 0 bridgehead atoms. The molecule has 0 atom stereocenters. The minimum atomic E-state index is 0.654. The maximum Gasteiger partial charge on any atom is 0.0992 e. The molecule has 0 aliphatic carbocycles. The first-order valence-electron chi connectivity index (χ1n) is 19.5. The predicted molar refractivity (Wildman–Crippen MR) is 250 cm³/mol. The van der Waals surface area contributed by atoms with Gasteiger partial charge in [0.25, 0.3) is 0 Å². The quantitative estimate of drug-likeness (QED) is 0.165. The van der Waals surface area contributed by atoms with Crippen molar-refractivity contribution in [3.05, 3.63) is 206 Å². The third kappa shape index (κ3) is 5.99. The third-order valence-electron chi connectivity index (χ3n) is 11.3. The van der Waals surface area contributed by atoms with Crippen LogP contribution in [-0.4, -0.2) is 0 Å². The van der Waals surface area contributed by atoms with Gasteiger partial charge < -0.3 is 0 Å². The van der Waals surface area contributed by atoms with Gasteiger partial charge in [0.05, 0.1) is 11.6 Å². The number of hydrogen-bond acceptors (Lipinski definition) is 3. The first-order valence-corrected chi connectivity index (χ1v) is 21.1. The van der Waals surface area contributed by atoms with E-state index in [1.54, 1.807) is 0 Å². The summed E-state index contributed by atoms with van der Waals surface area (Å²) in [5.41, 5.74) is 14.5. The molecule has 1 nitrogen and oxygen atoms in total. The highest BCUT2D eigenvalue weighted by molar-refractivity contribution is 7.26. The highest BCUT2D eigenvalue weighted by atomic mass is 32.1. The third-order valence-corrected chi connectivity index (χ3v) is 13.7. The van der Waals surface area contributed by atoms with E-state index in [1.807, 2.05) is 34.8 Å². The maximum atomic E-state index is 10.1. The molecule has 0 aliphatic heterocycles. The lowest BCUT2D eigenvalue weighted by Gasteiger charge is -2.12. The molecule has 2 heterocycles. The molecule has 0 N–H and O–H groups in total. The Balaban J connectivity index is 0.901. The first kappa shape index (κ1) is 34.2. The zero-order valence-electron chi connectivity index (χ0n) is 31.3. The van der Waals surface area contributed by atoms with Gasteiger partial charge in [-0.05, 0) is 115 Å². The fourth-order valence-corrected chi connectivity index (χ4v) is 10.9. The van der Waals surface area contributed by atoms with Gasteiger partial charge in [0, 0.05) is 40.3 Å². The molecule has 2 aromatic heterocycles. The number of nitrogens with zero attached hydrogens (tertiary/aromatic N) is 1. The molecule has 11 rings (SSSR count). The Morgan fingerprint density at radius 2 is 0.672 bits per heavy atom. The van der Waals surface area contributed by atoms with Crippen molar-refractivity contribution in [2.75, 3.05) is 0 Å². The lowest BCUT2D eigenvalue weighted by atomic mass is 9.92. The smallest absolute Gasteiger partial charge is 0.0992 e. The summed E-state index contributed by atoms with van der Waals surface area (Å²) in [6.45, 7) is 0. The van der Waals surface area contributed by atoms with Crippen molar-refractivity contribution in [3.63, 3.8) is 0 Å². The number of thiophene rings is 2. The van der Waals surface area contributed by atoms with Crippen LogP contribution in [0.3, 0.4) is 0 Å². The summed E-state index contributed by atoms with van der Waals surface area (Å²) in [5.74, 6) is 0. The molecule has 3 heteroatoms. The average molecular weight is 772 g/mol. The molecule has 270 valence electrons. The summed E-state index contributed by atoms with van der Waals surface area (Å²) in [6, 6.07) is 74.5. The van der Waals surface area contributed by atoms with Crippen molar-refractivity contribution in [2.45, 2.75) is 0 Å². The first-order chi connectivity index (χ1) is 28.7. The van der Waals surface area contributed by atoms with Gasteiger partial charge in [-0.1, -0.05) is 152 Å². The van der Waals surface area contributed by atoms with E-state index in [0.29, 0.717) is 5.56 Å². The standard InChI is InChI=1S/C55H33NS2/c56-34-35-28-44(33-45(29-35)47-19-9-21-51-49-17-2-4-23-53(49)58-55(47)51)43-15-7-14-42(32-43)41-13-6-12-40(31-41)39-11-5-10-38(30-39)36-24-26-37(27-25-36)46-18-8-20-50-48-16-1-3-22-52(48)57-54(46)50/h1-33H. The van der Waals surface area contributed by atoms with Gasteiger partial charge >= 0.3 is 0 Å². The van der Waals surface area contributed by atoms with Gasteiger partial charge in [0.15, 0.2) is 0 Å². The molecule has 0 unspecified atom stereocenters. The van der Waals surface area contributed by atoms with Crippen LogP contribution in [0.15, 0.2) is 200 Å². The molecular formula is C55H33NS2. The van der Waals surface area contributed by atoms with E-state index in [-0.39, 0.29) is 0 Å². The second-order valence-electron chi connectivity index (χ2n) is 14.8. The minimum absolute atomic E-state index is 0.654. The molecule has 0 spiro atoms. The summed E-state index contributed by atoms with van der Waals surface area (Å²) in [4.78, 5) is 0. The highest BCUT2D eigenvalue weighted by Gasteiger charge is 2.14. The minimum Gasteiger partial charge on any atom is -0.192 e. The van der Waals surface area contributed by atoms with Gasteiger partial charge in [-0.2, -0.15) is 5.26 Å². The van der Waals surface area contributed by atoms with Crippen LogP contribution in [0, 0.1) is 11.3 Å². The monoisotopic (exact) mass is 771 g/mol. The van der Waals surface area contributed by atoms with Crippen LogP contribution in [0.4, 0.5) is 0 Å². The molecule has 0 amide bonds. The van der Waals surface area contributed by atoms with Crippen molar-refractivity contribution in [2.24, 2.45) is 0 Å². The average Bonchev–Trinajstić information content (AvgIpc) is 3.88. The van der Waals surface area contributed by atoms with Crippen molar-refractivity contribution >= 4 is 63.0 Å². The van der Waals surface area contributed by atoms with Crippen molar-refractivity contribution < 1.29 is 0 Å². The van der Waals surface area contributed by atoms with Crippen LogP contribution in [0.1, 0.15) is 5.56 Å². The molecule has 58 heavy (non-hydrogen) atoms. The summed E-state index contributed by atoms with van der Waals surface area (Å²) >= 11 is 3.69. The maximum absolute atomic E-state index is 10.1. The molecule has 0 aliphatic rings.